The lowest BCUT2D eigenvalue weighted by Gasteiger charge is -2.24. The number of rotatable bonds is 35. The van der Waals surface area contributed by atoms with Gasteiger partial charge in [0.25, 0.3) is 0 Å². The Labute approximate surface area is 278 Å². The first-order valence-corrected chi connectivity index (χ1v) is 20.3. The average molecular weight is 665 g/mol. The Morgan fingerprint density at radius 1 is 0.600 bits per heavy atom. The molecule has 9 heteroatoms. The van der Waals surface area contributed by atoms with Gasteiger partial charge in [-0.1, -0.05) is 149 Å². The Morgan fingerprint density at radius 3 is 1.47 bits per heavy atom. The number of ether oxygens (including phenoxy) is 2. The van der Waals surface area contributed by atoms with Gasteiger partial charge in [-0.15, -0.1) is 0 Å². The summed E-state index contributed by atoms with van der Waals surface area (Å²) in [5, 5.41) is 0. The lowest BCUT2D eigenvalue weighted by Crippen LogP contribution is -2.37. The summed E-state index contributed by atoms with van der Waals surface area (Å²) in [6.07, 6.45) is 28.3. The summed E-state index contributed by atoms with van der Waals surface area (Å²) in [6, 6.07) is 0. The van der Waals surface area contributed by atoms with Crippen molar-refractivity contribution in [2.24, 2.45) is 0 Å². The molecule has 0 heterocycles. The van der Waals surface area contributed by atoms with E-state index in [2.05, 4.69) is 13.8 Å². The molecule has 0 amide bonds. The third-order valence-electron chi connectivity index (χ3n) is 8.17. The van der Waals surface area contributed by atoms with Crippen LogP contribution < -0.4 is 0 Å². The number of unbranched alkanes of at least 4 members (excludes halogenated alkanes) is 21. The highest BCUT2D eigenvalue weighted by atomic mass is 31.2. The van der Waals surface area contributed by atoms with Crippen molar-refractivity contribution in [2.75, 3.05) is 54.1 Å². The van der Waals surface area contributed by atoms with E-state index < -0.39 is 13.9 Å². The topological polar surface area (TPSA) is 91.3 Å². The number of quaternary nitrogens is 1. The van der Waals surface area contributed by atoms with Crippen LogP contribution in [0, 0.1) is 0 Å². The van der Waals surface area contributed by atoms with Crippen molar-refractivity contribution in [2.45, 2.75) is 174 Å². The van der Waals surface area contributed by atoms with Gasteiger partial charge in [-0.3, -0.25) is 13.8 Å². The molecule has 8 nitrogen and oxygen atoms in total. The summed E-state index contributed by atoms with van der Waals surface area (Å²) in [6.45, 7) is 5.64. The van der Waals surface area contributed by atoms with Crippen molar-refractivity contribution in [3.05, 3.63) is 0 Å². The van der Waals surface area contributed by atoms with E-state index in [0.717, 1.165) is 32.1 Å². The molecule has 1 N–H and O–H groups in total. The molecule has 0 bridgehead atoms. The van der Waals surface area contributed by atoms with E-state index in [1.807, 2.05) is 21.1 Å². The van der Waals surface area contributed by atoms with Crippen molar-refractivity contribution in [1.29, 1.82) is 0 Å². The molecular formula is C36H75NO7P+. The van der Waals surface area contributed by atoms with Crippen molar-refractivity contribution in [3.8, 4) is 0 Å². The van der Waals surface area contributed by atoms with Crippen LogP contribution in [0.15, 0.2) is 0 Å². The molecule has 0 aliphatic heterocycles. The molecular weight excluding hydrogens is 589 g/mol. The predicted molar refractivity (Wildman–Crippen MR) is 187 cm³/mol. The number of nitrogens with zero attached hydrogens (tertiary/aromatic N) is 1. The molecule has 45 heavy (non-hydrogen) atoms. The van der Waals surface area contributed by atoms with Crippen LogP contribution in [0.5, 0.6) is 0 Å². The van der Waals surface area contributed by atoms with Gasteiger partial charge in [0.05, 0.1) is 34.4 Å². The number of phosphoric ester groups is 1. The molecule has 2 unspecified atom stereocenters. The molecule has 270 valence electrons. The lowest BCUT2D eigenvalue weighted by atomic mass is 10.0. The third-order valence-corrected chi connectivity index (χ3v) is 9.15. The predicted octanol–water partition coefficient (Wildman–Crippen LogP) is 10.2. The maximum atomic E-state index is 12.6. The first-order valence-electron chi connectivity index (χ1n) is 18.8. The second-order valence-corrected chi connectivity index (χ2v) is 15.4. The molecule has 0 saturated heterocycles. The molecule has 0 fully saturated rings. The number of likely N-dealkylation sites (N-methyl/N-ethyl adjacent to an activating group) is 1. The van der Waals surface area contributed by atoms with Crippen LogP contribution in [0.1, 0.15) is 168 Å². The first-order chi connectivity index (χ1) is 21.6. The number of phosphoric acid groups is 1. The van der Waals surface area contributed by atoms with Gasteiger partial charge in [-0.05, 0) is 12.8 Å². The van der Waals surface area contributed by atoms with Crippen LogP contribution in [0.3, 0.4) is 0 Å². The Kier molecular flexibility index (Phi) is 30.5. The Balaban J connectivity index is 4.29. The molecule has 0 aromatic carbocycles. The molecule has 0 aromatic heterocycles. The molecule has 0 aliphatic rings. The zero-order valence-electron chi connectivity index (χ0n) is 30.4. The lowest BCUT2D eigenvalue weighted by molar-refractivity contribution is -0.870. The van der Waals surface area contributed by atoms with Crippen molar-refractivity contribution in [3.63, 3.8) is 0 Å². The van der Waals surface area contributed by atoms with Gasteiger partial charge >= 0.3 is 13.8 Å². The van der Waals surface area contributed by atoms with E-state index in [4.69, 9.17) is 18.5 Å². The summed E-state index contributed by atoms with van der Waals surface area (Å²) in [7, 11) is 1.68. The first kappa shape index (κ1) is 44.5. The minimum Gasteiger partial charge on any atom is -0.457 e. The summed E-state index contributed by atoms with van der Waals surface area (Å²) >= 11 is 0. The molecule has 0 rings (SSSR count). The highest BCUT2D eigenvalue weighted by Crippen LogP contribution is 2.43. The fourth-order valence-corrected chi connectivity index (χ4v) is 5.94. The van der Waals surface area contributed by atoms with E-state index in [9.17, 15) is 14.3 Å². The second kappa shape index (κ2) is 30.8. The number of carbonyl (C=O) groups is 1. The fourth-order valence-electron chi connectivity index (χ4n) is 5.20. The van der Waals surface area contributed by atoms with Gasteiger partial charge in [-0.2, -0.15) is 0 Å². The minimum absolute atomic E-state index is 0.0933. The summed E-state index contributed by atoms with van der Waals surface area (Å²) in [5.41, 5.74) is 0. The maximum Gasteiger partial charge on any atom is 0.472 e. The number of carbonyl (C=O) groups excluding carboxylic acids is 1. The Bertz CT molecular complexity index is 701. The average Bonchev–Trinajstić information content (AvgIpc) is 2.98. The summed E-state index contributed by atoms with van der Waals surface area (Å²) in [4.78, 5) is 22.7. The molecule has 2 atom stereocenters. The van der Waals surface area contributed by atoms with Gasteiger partial charge in [-0.25, -0.2) is 4.57 Å². The van der Waals surface area contributed by atoms with Gasteiger partial charge in [0.15, 0.2) is 0 Å². The van der Waals surface area contributed by atoms with Crippen molar-refractivity contribution >= 4 is 13.8 Å². The summed E-state index contributed by atoms with van der Waals surface area (Å²) < 4.78 is 34.8. The summed E-state index contributed by atoms with van der Waals surface area (Å²) in [5.74, 6) is -0.312. The van der Waals surface area contributed by atoms with Gasteiger partial charge in [0.2, 0.25) is 0 Å². The largest absolute Gasteiger partial charge is 0.472 e. The second-order valence-electron chi connectivity index (χ2n) is 14.0. The van der Waals surface area contributed by atoms with Crippen LogP contribution in [0.25, 0.3) is 0 Å². The van der Waals surface area contributed by atoms with Crippen molar-refractivity contribution < 1.29 is 37.3 Å². The third kappa shape index (κ3) is 34.6. The van der Waals surface area contributed by atoms with Gasteiger partial charge < -0.3 is 18.9 Å². The van der Waals surface area contributed by atoms with Crippen molar-refractivity contribution in [1.82, 2.24) is 0 Å². The van der Waals surface area contributed by atoms with Gasteiger partial charge in [0, 0.05) is 13.0 Å². The maximum absolute atomic E-state index is 12.6. The molecule has 0 radical (unpaired) electrons. The number of esters is 1. The van der Waals surface area contributed by atoms with E-state index >= 15 is 0 Å². The molecule has 0 aromatic rings. The molecule has 0 saturated carbocycles. The Hall–Kier alpha value is -0.500. The SMILES string of the molecule is CCCCCCCCCCCCCCC(=O)OC(COCCCCCCCCCCCCC)COP(=O)(O)OCC[N+](C)(C)C. The quantitative estimate of drug-likeness (QED) is 0.0312. The van der Waals surface area contributed by atoms with Crippen LogP contribution in [-0.4, -0.2) is 75.6 Å². The number of hydrogen-bond donors (Lipinski definition) is 1. The van der Waals surface area contributed by atoms with E-state index in [0.29, 0.717) is 24.1 Å². The zero-order chi connectivity index (χ0) is 33.5. The monoisotopic (exact) mass is 665 g/mol. The van der Waals surface area contributed by atoms with Crippen LogP contribution in [-0.2, 0) is 27.9 Å². The van der Waals surface area contributed by atoms with E-state index in [-0.39, 0.29) is 25.8 Å². The number of hydrogen-bond acceptors (Lipinski definition) is 6. The zero-order valence-corrected chi connectivity index (χ0v) is 31.3. The normalized spacial score (nSPS) is 14.0. The van der Waals surface area contributed by atoms with Gasteiger partial charge in [0.1, 0.15) is 19.3 Å². The van der Waals surface area contributed by atoms with Crippen LogP contribution in [0.2, 0.25) is 0 Å². The van der Waals surface area contributed by atoms with Crippen LogP contribution >= 0.6 is 7.82 Å². The molecule has 0 aliphatic carbocycles. The minimum atomic E-state index is -4.25. The fraction of sp³-hybridized carbons (Fsp3) is 0.972. The van der Waals surface area contributed by atoms with E-state index in [1.54, 1.807) is 0 Å². The highest BCUT2D eigenvalue weighted by Gasteiger charge is 2.26. The van der Waals surface area contributed by atoms with E-state index in [1.165, 1.54) is 116 Å². The smallest absolute Gasteiger partial charge is 0.457 e. The highest BCUT2D eigenvalue weighted by molar-refractivity contribution is 7.47. The Morgan fingerprint density at radius 2 is 1.02 bits per heavy atom. The standard InChI is InChI=1S/C36H74NO7P/c1-6-8-10-12-14-16-18-19-21-23-25-27-29-36(38)44-35(34-43-45(39,40)42-32-30-37(3,4)5)33-41-31-28-26-24-22-20-17-15-13-11-9-7-2/h35H,6-34H2,1-5H3/p+1. The molecule has 0 spiro atoms. The van der Waals surface area contributed by atoms with Crippen LogP contribution in [0.4, 0.5) is 0 Å².